The second kappa shape index (κ2) is 57.8. The highest BCUT2D eigenvalue weighted by molar-refractivity contribution is 14.1. The molecule has 8 aromatic carbocycles. The van der Waals surface area contributed by atoms with Crippen molar-refractivity contribution in [1.82, 2.24) is 5.32 Å². The number of phenols is 1. The fourth-order valence-corrected chi connectivity index (χ4v) is 11.9. The number of hydrogen-bond donors (Lipinski definition) is 3. The van der Waals surface area contributed by atoms with Gasteiger partial charge in [0.15, 0.2) is 0 Å². The molecule has 0 aliphatic heterocycles. The zero-order chi connectivity index (χ0) is 74.6. The fourth-order valence-electron chi connectivity index (χ4n) is 10.1. The highest BCUT2D eigenvalue weighted by Gasteiger charge is 2.08. The van der Waals surface area contributed by atoms with Gasteiger partial charge in [0.1, 0.15) is 11.6 Å². The van der Waals surface area contributed by atoms with Crippen LogP contribution in [0.25, 0.3) is 0 Å². The molecule has 0 aromatic heterocycles. The van der Waals surface area contributed by atoms with Crippen LogP contribution in [0, 0.1) is 57.7 Å². The lowest BCUT2D eigenvalue weighted by molar-refractivity contribution is 0.230. The van der Waals surface area contributed by atoms with E-state index < -0.39 is 0 Å². The number of nitrogens with one attached hydrogen (secondary N) is 1. The third kappa shape index (κ3) is 47.0. The van der Waals surface area contributed by atoms with Gasteiger partial charge < -0.3 is 15.5 Å². The number of hydrogen-bond acceptors (Lipinski definition) is 3. The number of aromatic hydroxyl groups is 1. The third-order valence-electron chi connectivity index (χ3n) is 17.2. The molecule has 0 aliphatic rings. The Bertz CT molecular complexity index is 2950. The van der Waals surface area contributed by atoms with E-state index in [-0.39, 0.29) is 12.4 Å². The van der Waals surface area contributed by atoms with Crippen molar-refractivity contribution in [2.45, 2.75) is 225 Å². The van der Waals surface area contributed by atoms with Crippen molar-refractivity contribution in [3.8, 4) is 5.75 Å². The van der Waals surface area contributed by atoms with E-state index in [1.165, 1.54) is 117 Å². The molecular formula is C91H129BrCl3FINO2. The van der Waals surface area contributed by atoms with Crippen molar-refractivity contribution in [1.29, 1.82) is 0 Å². The first kappa shape index (κ1) is 93.5. The summed E-state index contributed by atoms with van der Waals surface area (Å²) in [5.74, 6) is 5.29. The van der Waals surface area contributed by atoms with Crippen LogP contribution in [0.3, 0.4) is 0 Å². The minimum Gasteiger partial charge on any atom is -0.508 e. The van der Waals surface area contributed by atoms with Crippen molar-refractivity contribution in [2.24, 2.45) is 41.4 Å². The molecule has 3 unspecified atom stereocenters. The van der Waals surface area contributed by atoms with Gasteiger partial charge in [-0.15, -0.1) is 0 Å². The van der Waals surface area contributed by atoms with E-state index in [4.69, 9.17) is 39.9 Å². The monoisotopic (exact) mass is 1600 g/mol. The fraction of sp³-hybridized carbons (Fsp3) is 0.473. The molecule has 0 fully saturated rings. The molecule has 3 N–H and O–H groups in total. The van der Waals surface area contributed by atoms with E-state index in [1.54, 1.807) is 12.1 Å². The predicted octanol–water partition coefficient (Wildman–Crippen LogP) is 28.4. The smallest absolute Gasteiger partial charge is 0.126 e. The van der Waals surface area contributed by atoms with Gasteiger partial charge in [-0.25, -0.2) is 4.39 Å². The van der Waals surface area contributed by atoms with Crippen LogP contribution in [-0.4, -0.2) is 29.9 Å². The van der Waals surface area contributed by atoms with Crippen LogP contribution in [0.15, 0.2) is 199 Å². The van der Waals surface area contributed by atoms with E-state index in [9.17, 15) is 9.50 Å². The van der Waals surface area contributed by atoms with Crippen LogP contribution in [0.2, 0.25) is 15.1 Å². The number of aliphatic hydroxyl groups excluding tert-OH is 1. The van der Waals surface area contributed by atoms with Crippen LogP contribution in [0.1, 0.15) is 211 Å². The Morgan fingerprint density at radius 1 is 0.380 bits per heavy atom. The first-order valence-corrected chi connectivity index (χ1v) is 40.2. The van der Waals surface area contributed by atoms with Crippen molar-refractivity contribution >= 4 is 73.3 Å². The molecule has 0 saturated carbocycles. The number of halogens is 6. The highest BCUT2D eigenvalue weighted by Crippen LogP contribution is 2.24. The van der Waals surface area contributed by atoms with E-state index in [0.717, 1.165) is 107 Å². The molecule has 0 saturated heterocycles. The van der Waals surface area contributed by atoms with E-state index in [2.05, 4.69) is 226 Å². The van der Waals surface area contributed by atoms with Gasteiger partial charge in [0.05, 0.1) is 0 Å². The van der Waals surface area contributed by atoms with Crippen molar-refractivity contribution in [3.63, 3.8) is 0 Å². The summed E-state index contributed by atoms with van der Waals surface area (Å²) < 4.78 is 15.7. The number of benzene rings is 8. The minimum absolute atomic E-state index is 0.0712. The van der Waals surface area contributed by atoms with Gasteiger partial charge in [-0.05, 0) is 280 Å². The summed E-state index contributed by atoms with van der Waals surface area (Å²) in [4.78, 5) is 0. The molecule has 0 bridgehead atoms. The van der Waals surface area contributed by atoms with Gasteiger partial charge in [-0.2, -0.15) is 0 Å². The molecule has 8 rings (SSSR count). The highest BCUT2D eigenvalue weighted by atomic mass is 127. The van der Waals surface area contributed by atoms with E-state index in [1.807, 2.05) is 105 Å². The van der Waals surface area contributed by atoms with Gasteiger partial charge in [0, 0.05) is 35.8 Å². The predicted molar refractivity (Wildman–Crippen MR) is 453 cm³/mol. The molecular weight excluding hydrogens is 1470 g/mol. The number of phenolic OH excluding ortho intramolecular Hbond substituents is 1. The largest absolute Gasteiger partial charge is 0.508 e. The molecule has 0 aliphatic carbocycles. The summed E-state index contributed by atoms with van der Waals surface area (Å²) in [7, 11) is 1.98. The van der Waals surface area contributed by atoms with Gasteiger partial charge >= 0.3 is 0 Å². The standard InChI is InChI=1S/C13H20O.C12H18.C11H15Br.C11H16ClN.C11H15ClO.C11H15Cl.C11H15F.C11H15I/c1-3-6-11(2)9-10-12-7-4-5-8-13(12)14;1-10(2)8-9-12-7-5-4-6-11(12)3;1-9(2)7-8-10-5-3-4-6-11(10)12;1-9(13-2)7-8-10-5-3-4-6-11(10)12;1-9(8-13)6-7-10-4-2-3-5-11(10)12;3*1-9(2)7-8-10-5-3-4-6-11(10)12/h4-5,7-8,11,14H,3,6,9-10H2,1-2H3;4-7,10H,8-9H2,1-3H3;3-6,9H,7-8H2,1-2H3;3-6,9,13H,7-8H2,1-2H3;2-5,9,13H,6-8H2,1H3;3*3-6,9H,7-8H2,1-2H3. The van der Waals surface area contributed by atoms with Crippen LogP contribution in [0.5, 0.6) is 5.75 Å². The lowest BCUT2D eigenvalue weighted by Gasteiger charge is -2.10. The van der Waals surface area contributed by atoms with Crippen LogP contribution in [0.4, 0.5) is 4.39 Å². The first-order chi connectivity index (χ1) is 47.7. The van der Waals surface area contributed by atoms with Crippen molar-refractivity contribution in [2.75, 3.05) is 13.7 Å². The summed E-state index contributed by atoms with van der Waals surface area (Å²) >= 11 is 24.0. The lowest BCUT2D eigenvalue weighted by Crippen LogP contribution is -2.21. The van der Waals surface area contributed by atoms with Gasteiger partial charge in [0.25, 0.3) is 0 Å². The maximum Gasteiger partial charge on any atom is 0.126 e. The molecule has 9 heteroatoms. The van der Waals surface area contributed by atoms with Crippen molar-refractivity contribution in [3.05, 3.63) is 273 Å². The Balaban J connectivity index is 0.000000572. The van der Waals surface area contributed by atoms with Crippen LogP contribution >= 0.6 is 73.3 Å². The van der Waals surface area contributed by atoms with E-state index >= 15 is 0 Å². The Morgan fingerprint density at radius 3 is 1.11 bits per heavy atom. The van der Waals surface area contributed by atoms with Crippen LogP contribution in [-0.2, 0) is 51.4 Å². The zero-order valence-corrected chi connectivity index (χ0v) is 70.2. The number of para-hydroxylation sites is 1. The summed E-state index contributed by atoms with van der Waals surface area (Å²) in [6.45, 7) is 33.6. The molecule has 0 radical (unpaired) electrons. The summed E-state index contributed by atoms with van der Waals surface area (Å²) in [5, 5.41) is 24.2. The molecule has 3 nitrogen and oxygen atoms in total. The molecule has 100 heavy (non-hydrogen) atoms. The van der Waals surface area contributed by atoms with Gasteiger partial charge in [-0.3, -0.25) is 0 Å². The lowest BCUT2D eigenvalue weighted by atomic mass is 9.97. The normalized spacial score (nSPS) is 11.5. The Kier molecular flexibility index (Phi) is 54.1. The molecule has 552 valence electrons. The third-order valence-corrected chi connectivity index (χ3v) is 20.1. The maximum absolute atomic E-state index is 13.0. The van der Waals surface area contributed by atoms with Crippen LogP contribution < -0.4 is 5.32 Å². The average molecular weight is 1600 g/mol. The second-order valence-corrected chi connectivity index (χ2v) is 32.0. The molecule has 0 amide bonds. The number of aryl methyl sites for hydroxylation is 9. The zero-order valence-electron chi connectivity index (χ0n) is 64.2. The minimum atomic E-state index is -0.0712. The summed E-state index contributed by atoms with van der Waals surface area (Å²) in [6, 6.07) is 64.9. The SMILES string of the molecule is CC(C)CCc1ccccc1Br.CC(C)CCc1ccccc1Cl.CC(C)CCc1ccccc1F.CC(C)CCc1ccccc1I.CC(CO)CCc1ccccc1Cl.CCCC(C)CCc1ccccc1O.CNC(C)CCc1ccccc1Cl.Cc1ccccc1CCC(C)C. The summed E-state index contributed by atoms with van der Waals surface area (Å²) in [5.41, 5.74) is 11.5. The summed E-state index contributed by atoms with van der Waals surface area (Å²) in [6.07, 6.45) is 20.5. The number of rotatable bonds is 28. The Hall–Kier alpha value is -4.51. The Labute approximate surface area is 647 Å². The Morgan fingerprint density at radius 2 is 0.700 bits per heavy atom. The molecule has 0 spiro atoms. The van der Waals surface area contributed by atoms with Crippen molar-refractivity contribution < 1.29 is 14.6 Å². The molecule has 8 aromatic rings. The first-order valence-electron chi connectivity index (χ1n) is 37.2. The van der Waals surface area contributed by atoms with Gasteiger partial charge in [-0.1, -0.05) is 305 Å². The molecule has 3 atom stereocenters. The average Bonchev–Trinajstić information content (AvgIpc) is 1.10. The maximum atomic E-state index is 13.0. The van der Waals surface area contributed by atoms with E-state index in [0.29, 0.717) is 23.6 Å². The quantitative estimate of drug-likeness (QED) is 0.0429. The number of aliphatic hydroxyl groups is 1. The second-order valence-electron chi connectivity index (χ2n) is 28.8. The molecule has 0 heterocycles. The topological polar surface area (TPSA) is 52.5 Å². The van der Waals surface area contributed by atoms with Gasteiger partial charge in [0.2, 0.25) is 0 Å².